The summed E-state index contributed by atoms with van der Waals surface area (Å²) in [5, 5.41) is 1.96. The number of allylic oxidation sites excluding steroid dienone is 1. The molecule has 0 aromatic heterocycles. The van der Waals surface area contributed by atoms with Crippen molar-refractivity contribution in [2.45, 2.75) is 0 Å². The van der Waals surface area contributed by atoms with Gasteiger partial charge in [0.15, 0.2) is 0 Å². The minimum absolute atomic E-state index is 0.401. The van der Waals surface area contributed by atoms with Gasteiger partial charge in [-0.15, -0.1) is 0 Å². The summed E-state index contributed by atoms with van der Waals surface area (Å²) >= 11 is 0. The molecule has 3 N–H and O–H groups in total. The molecule has 2 aliphatic heterocycles. The maximum absolute atomic E-state index is 10.8. The van der Waals surface area contributed by atoms with E-state index in [1.807, 2.05) is 17.3 Å². The van der Waals surface area contributed by atoms with Crippen molar-refractivity contribution in [1.82, 2.24) is 15.3 Å². The van der Waals surface area contributed by atoms with Crippen LogP contribution in [0.4, 0.5) is 4.79 Å². The Labute approximate surface area is 70.1 Å². The highest BCUT2D eigenvalue weighted by atomic mass is 16.2. The lowest BCUT2D eigenvalue weighted by Gasteiger charge is -2.29. The summed E-state index contributed by atoms with van der Waals surface area (Å²) in [6, 6.07) is -0.401. The molecule has 0 unspecified atom stereocenters. The summed E-state index contributed by atoms with van der Waals surface area (Å²) in [6.07, 6.45) is 5.47. The highest BCUT2D eigenvalue weighted by molar-refractivity contribution is 5.73. The molecule has 0 aromatic carbocycles. The van der Waals surface area contributed by atoms with Crippen molar-refractivity contribution in [2.75, 3.05) is 13.1 Å². The normalized spacial score (nSPS) is 20.2. The van der Waals surface area contributed by atoms with Gasteiger partial charge in [0, 0.05) is 18.9 Å². The van der Waals surface area contributed by atoms with E-state index in [1.54, 1.807) is 6.20 Å². The molecule has 0 aliphatic carbocycles. The van der Waals surface area contributed by atoms with Crippen LogP contribution >= 0.6 is 0 Å². The van der Waals surface area contributed by atoms with Gasteiger partial charge in [-0.25, -0.2) is 4.79 Å². The smallest absolute Gasteiger partial charge is 0.318 e. The van der Waals surface area contributed by atoms with Crippen LogP contribution in [0.25, 0.3) is 0 Å². The van der Waals surface area contributed by atoms with Gasteiger partial charge in [0.1, 0.15) is 0 Å². The van der Waals surface area contributed by atoms with Crippen LogP contribution in [0.3, 0.4) is 0 Å². The molecule has 0 radical (unpaired) electrons. The van der Waals surface area contributed by atoms with Gasteiger partial charge in [-0.2, -0.15) is 0 Å². The van der Waals surface area contributed by atoms with Gasteiger partial charge < -0.3 is 11.2 Å². The summed E-state index contributed by atoms with van der Waals surface area (Å²) in [5.41, 5.74) is 9.13. The number of carbonyl (C=O) groups excluding carboxylic acids is 1. The number of carbonyl (C=O) groups is 1. The minimum Gasteiger partial charge on any atom is -0.351 e. The third kappa shape index (κ3) is 0.990. The fourth-order valence-electron chi connectivity index (χ4n) is 1.29. The Kier molecular flexibility index (Phi) is 1.43. The molecule has 0 spiro atoms. The van der Waals surface area contributed by atoms with Crippen molar-refractivity contribution >= 4 is 6.03 Å². The number of nitrogens with zero attached hydrogens (tertiary/aromatic N) is 2. The number of hydrogen-bond acceptors (Lipinski definition) is 3. The van der Waals surface area contributed by atoms with Gasteiger partial charge in [0.2, 0.25) is 0 Å². The summed E-state index contributed by atoms with van der Waals surface area (Å²) in [5.74, 6) is 0. The van der Waals surface area contributed by atoms with Crippen molar-refractivity contribution in [2.24, 2.45) is 5.73 Å². The van der Waals surface area contributed by atoms with Crippen LogP contribution in [0.5, 0.6) is 0 Å². The number of nitrogens with two attached hydrogens (primary N) is 1. The third-order valence-corrected chi connectivity index (χ3v) is 1.93. The van der Waals surface area contributed by atoms with Crippen molar-refractivity contribution in [3.63, 3.8) is 0 Å². The van der Waals surface area contributed by atoms with E-state index in [0.717, 1.165) is 12.2 Å². The second kappa shape index (κ2) is 2.44. The lowest BCUT2D eigenvalue weighted by Crippen LogP contribution is -2.44. The Balaban J connectivity index is 2.19. The Bertz CT molecular complexity index is 271. The second-order valence-corrected chi connectivity index (χ2v) is 2.70. The number of urea groups is 1. The highest BCUT2D eigenvalue weighted by Gasteiger charge is 2.20. The first-order valence-corrected chi connectivity index (χ1v) is 3.75. The Morgan fingerprint density at radius 2 is 2.42 bits per heavy atom. The molecular formula is C7H10N4O. The molecule has 5 nitrogen and oxygen atoms in total. The number of hydrazine groups is 1. The first-order chi connectivity index (χ1) is 5.77. The van der Waals surface area contributed by atoms with E-state index in [-0.39, 0.29) is 0 Å². The number of hydrogen-bond donors (Lipinski definition) is 2. The van der Waals surface area contributed by atoms with Crippen LogP contribution in [0.1, 0.15) is 0 Å². The summed E-state index contributed by atoms with van der Waals surface area (Å²) in [4.78, 5) is 12.3. The zero-order chi connectivity index (χ0) is 8.55. The zero-order valence-electron chi connectivity index (χ0n) is 6.53. The van der Waals surface area contributed by atoms with Crippen LogP contribution < -0.4 is 11.2 Å². The van der Waals surface area contributed by atoms with Gasteiger partial charge in [-0.3, -0.25) is 9.91 Å². The highest BCUT2D eigenvalue weighted by Crippen LogP contribution is 2.14. The van der Waals surface area contributed by atoms with Crippen molar-refractivity contribution < 1.29 is 4.79 Å². The molecule has 64 valence electrons. The molecule has 0 aromatic rings. The molecule has 2 heterocycles. The van der Waals surface area contributed by atoms with E-state index in [0.29, 0.717) is 6.54 Å². The lowest BCUT2D eigenvalue weighted by atomic mass is 10.3. The molecule has 0 bridgehead atoms. The standard InChI is InChI=1S/C7H10N4O/c8-7(12)10-3-4-11-6(5-10)1-2-9-11/h1-2,5,9H,3-4H2,(H2,8,12). The maximum atomic E-state index is 10.8. The second-order valence-electron chi connectivity index (χ2n) is 2.70. The van der Waals surface area contributed by atoms with E-state index in [2.05, 4.69) is 5.43 Å². The number of nitrogens with one attached hydrogen (secondary N) is 1. The molecular weight excluding hydrogens is 156 g/mol. The number of amides is 2. The molecule has 5 heteroatoms. The molecule has 0 saturated heterocycles. The van der Waals surface area contributed by atoms with Gasteiger partial charge in [-0.05, 0) is 6.08 Å². The van der Waals surface area contributed by atoms with E-state index in [4.69, 9.17) is 5.73 Å². The van der Waals surface area contributed by atoms with Crippen molar-refractivity contribution in [1.29, 1.82) is 0 Å². The van der Waals surface area contributed by atoms with Crippen LogP contribution in [0.2, 0.25) is 0 Å². The van der Waals surface area contributed by atoms with Crippen LogP contribution in [0.15, 0.2) is 24.2 Å². The van der Waals surface area contributed by atoms with Crippen molar-refractivity contribution in [3.05, 3.63) is 24.2 Å². The molecule has 2 aliphatic rings. The lowest BCUT2D eigenvalue weighted by molar-refractivity contribution is 0.201. The molecule has 12 heavy (non-hydrogen) atoms. The zero-order valence-corrected chi connectivity index (χ0v) is 6.53. The monoisotopic (exact) mass is 166 g/mol. The van der Waals surface area contributed by atoms with E-state index in [1.165, 1.54) is 4.90 Å². The topological polar surface area (TPSA) is 61.6 Å². The molecule has 0 atom stereocenters. The molecule has 2 rings (SSSR count). The summed E-state index contributed by atoms with van der Waals surface area (Å²) in [7, 11) is 0. The third-order valence-electron chi connectivity index (χ3n) is 1.93. The van der Waals surface area contributed by atoms with Crippen LogP contribution in [-0.2, 0) is 0 Å². The predicted octanol–water partition coefficient (Wildman–Crippen LogP) is -0.444. The fourth-order valence-corrected chi connectivity index (χ4v) is 1.29. The Morgan fingerprint density at radius 1 is 1.58 bits per heavy atom. The minimum atomic E-state index is -0.401. The van der Waals surface area contributed by atoms with Crippen LogP contribution in [-0.4, -0.2) is 29.0 Å². The largest absolute Gasteiger partial charge is 0.351 e. The quantitative estimate of drug-likeness (QED) is 0.512. The van der Waals surface area contributed by atoms with Gasteiger partial charge in [0.05, 0.1) is 12.2 Å². The molecule has 2 amide bonds. The van der Waals surface area contributed by atoms with Crippen LogP contribution in [0, 0.1) is 0 Å². The van der Waals surface area contributed by atoms with E-state index >= 15 is 0 Å². The maximum Gasteiger partial charge on any atom is 0.318 e. The number of primary amides is 1. The van der Waals surface area contributed by atoms with E-state index in [9.17, 15) is 4.79 Å². The Morgan fingerprint density at radius 3 is 3.17 bits per heavy atom. The molecule has 0 fully saturated rings. The van der Waals surface area contributed by atoms with Gasteiger partial charge >= 0.3 is 6.03 Å². The Hall–Kier alpha value is -1.65. The summed E-state index contributed by atoms with van der Waals surface area (Å²) < 4.78 is 0. The van der Waals surface area contributed by atoms with Gasteiger partial charge in [-0.1, -0.05) is 0 Å². The van der Waals surface area contributed by atoms with Crippen molar-refractivity contribution in [3.8, 4) is 0 Å². The summed E-state index contributed by atoms with van der Waals surface area (Å²) in [6.45, 7) is 1.40. The average Bonchev–Trinajstić information content (AvgIpc) is 2.49. The number of fused-ring (bicyclic) bond motifs is 1. The fraction of sp³-hybridized carbons (Fsp3) is 0.286. The first kappa shape index (κ1) is 7.02. The first-order valence-electron chi connectivity index (χ1n) is 3.75. The predicted molar refractivity (Wildman–Crippen MR) is 43.4 cm³/mol. The average molecular weight is 166 g/mol. The SMILES string of the molecule is NC(=O)N1C=C2C=CNN2CC1. The van der Waals surface area contributed by atoms with Gasteiger partial charge in [0.25, 0.3) is 0 Å². The molecule has 0 saturated carbocycles. The number of rotatable bonds is 0. The van der Waals surface area contributed by atoms with E-state index < -0.39 is 6.03 Å².